The van der Waals surface area contributed by atoms with E-state index in [0.717, 1.165) is 10.5 Å². The zero-order valence-electron chi connectivity index (χ0n) is 25.8. The summed E-state index contributed by atoms with van der Waals surface area (Å²) in [5.41, 5.74) is 1.58. The Morgan fingerprint density at radius 3 is 2.15 bits per heavy atom. The molecule has 2 unspecified atom stereocenters. The Bertz CT molecular complexity index is 1520. The molecule has 4 rings (SSSR count). The second-order valence-electron chi connectivity index (χ2n) is 11.1. The summed E-state index contributed by atoms with van der Waals surface area (Å²) < 4.78 is 30.3. The molecule has 0 aromatic heterocycles. The van der Waals surface area contributed by atoms with Gasteiger partial charge < -0.3 is 29.7 Å². The number of nitrogens with one attached hydrogen (secondary N) is 1. The molecule has 0 bridgehead atoms. The molecule has 1 fully saturated rings. The zero-order valence-corrected chi connectivity index (χ0v) is 26.7. The van der Waals surface area contributed by atoms with Crippen LogP contribution in [-0.4, -0.2) is 69.9 Å². The van der Waals surface area contributed by atoms with Crippen molar-refractivity contribution in [3.63, 3.8) is 0 Å². The molecule has 250 valence electrons. The van der Waals surface area contributed by atoms with Crippen LogP contribution in [0.5, 0.6) is 0 Å². The SMILES string of the molecule is O=C(NCCCC[C@H](OP(=O)(O)C(Cc1ccccc1)OC(=O)c1ccccc1)C(=O)N1CCC[C@H]1C(=O)O)OCc1ccccc1. The minimum Gasteiger partial charge on any atom is -0.480 e. The molecule has 0 radical (unpaired) electrons. The summed E-state index contributed by atoms with van der Waals surface area (Å²) >= 11 is 0. The largest absolute Gasteiger partial charge is 0.480 e. The lowest BCUT2D eigenvalue weighted by Crippen LogP contribution is -2.46. The van der Waals surface area contributed by atoms with Crippen LogP contribution in [0.25, 0.3) is 0 Å². The number of rotatable bonds is 16. The van der Waals surface area contributed by atoms with Crippen LogP contribution in [0.4, 0.5) is 4.79 Å². The first-order valence-corrected chi connectivity index (χ1v) is 17.1. The molecule has 3 aromatic carbocycles. The molecule has 0 aliphatic carbocycles. The van der Waals surface area contributed by atoms with Crippen molar-refractivity contribution in [2.24, 2.45) is 0 Å². The standard InChI is InChI=1S/C34H39N2O10P/c37-31(36-22-12-19-28(36)32(38)39)29(20-10-11-21-35-34(41)44-24-26-15-6-2-7-16-26)46-47(42,43)30(23-25-13-4-1-5-14-25)45-33(40)27-17-8-3-9-18-27/h1-9,13-18,28-30H,10-12,19-24H2,(H,35,41)(H,38,39)(H,42,43)/t28-,29-,30?/m0/s1. The van der Waals surface area contributed by atoms with Crippen LogP contribution in [0.3, 0.4) is 0 Å². The maximum atomic E-state index is 13.9. The highest BCUT2D eigenvalue weighted by Crippen LogP contribution is 2.51. The Balaban J connectivity index is 1.44. The Hall–Kier alpha value is -4.51. The molecule has 0 saturated carbocycles. The summed E-state index contributed by atoms with van der Waals surface area (Å²) in [5, 5.41) is 12.3. The molecule has 3 aromatic rings. The van der Waals surface area contributed by atoms with E-state index in [1.54, 1.807) is 48.5 Å². The zero-order chi connectivity index (χ0) is 33.6. The lowest BCUT2D eigenvalue weighted by molar-refractivity contribution is -0.151. The molecular formula is C34H39N2O10P. The maximum Gasteiger partial charge on any atom is 0.407 e. The Labute approximate surface area is 273 Å². The van der Waals surface area contributed by atoms with Crippen molar-refractivity contribution in [1.82, 2.24) is 10.2 Å². The number of aliphatic carboxylic acids is 1. The topological polar surface area (TPSA) is 169 Å². The normalized spacial score (nSPS) is 16.8. The lowest BCUT2D eigenvalue weighted by Gasteiger charge is -2.30. The van der Waals surface area contributed by atoms with Gasteiger partial charge in [-0.2, -0.15) is 0 Å². The number of unbranched alkanes of at least 4 members (excludes halogenated alkanes) is 1. The Morgan fingerprint density at radius 2 is 1.51 bits per heavy atom. The van der Waals surface area contributed by atoms with Crippen molar-refractivity contribution in [3.8, 4) is 0 Å². The van der Waals surface area contributed by atoms with Gasteiger partial charge in [-0.25, -0.2) is 14.4 Å². The van der Waals surface area contributed by atoms with Gasteiger partial charge in [0.05, 0.1) is 5.56 Å². The van der Waals surface area contributed by atoms with E-state index in [1.807, 2.05) is 30.3 Å². The number of amides is 2. The van der Waals surface area contributed by atoms with Crippen LogP contribution >= 0.6 is 7.60 Å². The molecule has 3 N–H and O–H groups in total. The number of nitrogens with zero attached hydrogens (tertiary/aromatic N) is 1. The van der Waals surface area contributed by atoms with Crippen LogP contribution < -0.4 is 5.32 Å². The second kappa shape index (κ2) is 17.4. The predicted molar refractivity (Wildman–Crippen MR) is 171 cm³/mol. The predicted octanol–water partition coefficient (Wildman–Crippen LogP) is 5.16. The van der Waals surface area contributed by atoms with Crippen molar-refractivity contribution < 1.29 is 47.7 Å². The summed E-state index contributed by atoms with van der Waals surface area (Å²) in [6, 6.07) is 24.7. The molecule has 1 aliphatic heterocycles. The average molecular weight is 667 g/mol. The highest BCUT2D eigenvalue weighted by atomic mass is 31.2. The number of hydrogen-bond acceptors (Lipinski definition) is 8. The van der Waals surface area contributed by atoms with Crippen molar-refractivity contribution in [3.05, 3.63) is 108 Å². The smallest absolute Gasteiger partial charge is 0.407 e. The van der Waals surface area contributed by atoms with Gasteiger partial charge in [-0.3, -0.25) is 13.9 Å². The fourth-order valence-electron chi connectivity index (χ4n) is 5.17. The van der Waals surface area contributed by atoms with Gasteiger partial charge in [0.1, 0.15) is 18.8 Å². The minimum atomic E-state index is -4.87. The molecule has 2 amide bonds. The van der Waals surface area contributed by atoms with E-state index in [2.05, 4.69) is 5.32 Å². The van der Waals surface area contributed by atoms with E-state index in [9.17, 15) is 33.7 Å². The van der Waals surface area contributed by atoms with Crippen molar-refractivity contribution in [2.75, 3.05) is 13.1 Å². The summed E-state index contributed by atoms with van der Waals surface area (Å²) in [6.45, 7) is 0.442. The van der Waals surface area contributed by atoms with E-state index in [1.165, 1.54) is 12.1 Å². The van der Waals surface area contributed by atoms with E-state index in [-0.39, 0.29) is 50.9 Å². The summed E-state index contributed by atoms with van der Waals surface area (Å²) in [7, 11) is -4.87. The number of ether oxygens (including phenoxy) is 2. The number of carbonyl (C=O) groups excluding carboxylic acids is 3. The lowest BCUT2D eigenvalue weighted by atomic mass is 10.1. The van der Waals surface area contributed by atoms with Crippen LogP contribution in [0.1, 0.15) is 53.6 Å². The molecule has 1 heterocycles. The average Bonchev–Trinajstić information content (AvgIpc) is 3.58. The highest BCUT2D eigenvalue weighted by molar-refractivity contribution is 7.53. The molecule has 1 saturated heterocycles. The molecule has 0 spiro atoms. The van der Waals surface area contributed by atoms with Crippen LogP contribution in [-0.2, 0) is 41.2 Å². The molecule has 12 nitrogen and oxygen atoms in total. The molecule has 47 heavy (non-hydrogen) atoms. The minimum absolute atomic E-state index is 0.0579. The Morgan fingerprint density at radius 1 is 0.894 bits per heavy atom. The number of benzene rings is 3. The Kier molecular flexibility index (Phi) is 13.1. The van der Waals surface area contributed by atoms with Crippen molar-refractivity contribution in [1.29, 1.82) is 0 Å². The number of carboxylic acids is 1. The molecule has 4 atom stereocenters. The number of alkyl carbamates (subject to hydrolysis) is 1. The quantitative estimate of drug-likeness (QED) is 0.106. The van der Waals surface area contributed by atoms with Gasteiger partial charge in [-0.05, 0) is 55.4 Å². The maximum absolute atomic E-state index is 13.9. The van der Waals surface area contributed by atoms with Gasteiger partial charge in [0.25, 0.3) is 5.91 Å². The monoisotopic (exact) mass is 666 g/mol. The fourth-order valence-corrected chi connectivity index (χ4v) is 6.53. The van der Waals surface area contributed by atoms with Crippen LogP contribution in [0.2, 0.25) is 0 Å². The van der Waals surface area contributed by atoms with Crippen LogP contribution in [0.15, 0.2) is 91.0 Å². The third-order valence-electron chi connectivity index (χ3n) is 7.62. The molecular weight excluding hydrogens is 627 g/mol. The second-order valence-corrected chi connectivity index (χ2v) is 13.0. The number of likely N-dealkylation sites (tertiary alicyclic amines) is 1. The first-order valence-electron chi connectivity index (χ1n) is 15.4. The molecule has 13 heteroatoms. The van der Waals surface area contributed by atoms with Gasteiger partial charge in [0.2, 0.25) is 5.85 Å². The fraction of sp³-hybridized carbons (Fsp3) is 0.353. The summed E-state index contributed by atoms with van der Waals surface area (Å²) in [6.07, 6.45) is -1.04. The van der Waals surface area contributed by atoms with Crippen molar-refractivity contribution in [2.45, 2.75) is 63.1 Å². The van der Waals surface area contributed by atoms with Gasteiger partial charge in [0, 0.05) is 19.5 Å². The summed E-state index contributed by atoms with van der Waals surface area (Å²) in [4.78, 5) is 63.0. The number of carboxylic acid groups (broad SMARTS) is 1. The van der Waals surface area contributed by atoms with Crippen LogP contribution in [0, 0.1) is 0 Å². The third-order valence-corrected chi connectivity index (χ3v) is 9.19. The van der Waals surface area contributed by atoms with Gasteiger partial charge in [-0.15, -0.1) is 0 Å². The van der Waals surface area contributed by atoms with Gasteiger partial charge in [-0.1, -0.05) is 78.9 Å². The third kappa shape index (κ3) is 10.8. The van der Waals surface area contributed by atoms with Gasteiger partial charge >= 0.3 is 25.6 Å². The first-order chi connectivity index (χ1) is 22.6. The first kappa shape index (κ1) is 35.3. The number of esters is 1. The molecule has 1 aliphatic rings. The van der Waals surface area contributed by atoms with Gasteiger partial charge in [0.15, 0.2) is 0 Å². The summed E-state index contributed by atoms with van der Waals surface area (Å²) in [5.74, 6) is -4.43. The number of hydrogen-bond donors (Lipinski definition) is 3. The van der Waals surface area contributed by atoms with E-state index in [4.69, 9.17) is 14.0 Å². The highest BCUT2D eigenvalue weighted by Gasteiger charge is 2.43. The van der Waals surface area contributed by atoms with E-state index >= 15 is 0 Å². The van der Waals surface area contributed by atoms with E-state index < -0.39 is 49.5 Å². The van der Waals surface area contributed by atoms with Crippen molar-refractivity contribution >= 4 is 31.5 Å². The number of carbonyl (C=O) groups is 4. The van der Waals surface area contributed by atoms with E-state index in [0.29, 0.717) is 18.4 Å².